The Kier molecular flexibility index (Phi) is 3.98. The van der Waals surface area contributed by atoms with E-state index in [1.54, 1.807) is 11.3 Å². The average molecular weight is 211 g/mol. The van der Waals surface area contributed by atoms with Gasteiger partial charge in [-0.05, 0) is 54.2 Å². The monoisotopic (exact) mass is 211 g/mol. The van der Waals surface area contributed by atoms with Crippen LogP contribution in [0.1, 0.15) is 18.4 Å². The average Bonchev–Trinajstić information content (AvgIpc) is 2.86. The fraction of sp³-hybridized carbons (Fsp3) is 0.636. The SMILES string of the molecule is c1cc(COCCC2CCNC2)cs1. The first-order valence-electron chi connectivity index (χ1n) is 5.24. The lowest BCUT2D eigenvalue weighted by molar-refractivity contribution is 0.109. The minimum Gasteiger partial charge on any atom is -0.377 e. The van der Waals surface area contributed by atoms with Crippen LogP contribution in [0.25, 0.3) is 0 Å². The maximum absolute atomic E-state index is 5.62. The molecule has 1 aliphatic rings. The Labute approximate surface area is 89.3 Å². The number of hydrogen-bond donors (Lipinski definition) is 1. The highest BCUT2D eigenvalue weighted by Crippen LogP contribution is 2.13. The molecular formula is C11H17NOS. The summed E-state index contributed by atoms with van der Waals surface area (Å²) in [6.45, 7) is 4.06. The van der Waals surface area contributed by atoms with Gasteiger partial charge in [0.2, 0.25) is 0 Å². The lowest BCUT2D eigenvalue weighted by atomic mass is 10.1. The van der Waals surface area contributed by atoms with Crippen molar-refractivity contribution < 1.29 is 4.74 Å². The molecule has 1 N–H and O–H groups in total. The molecule has 1 fully saturated rings. The van der Waals surface area contributed by atoms with Crippen LogP contribution in [-0.2, 0) is 11.3 Å². The largest absolute Gasteiger partial charge is 0.377 e. The number of hydrogen-bond acceptors (Lipinski definition) is 3. The summed E-state index contributed by atoms with van der Waals surface area (Å²) in [4.78, 5) is 0. The van der Waals surface area contributed by atoms with Crippen LogP contribution in [0, 0.1) is 5.92 Å². The summed E-state index contributed by atoms with van der Waals surface area (Å²) >= 11 is 1.73. The summed E-state index contributed by atoms with van der Waals surface area (Å²) < 4.78 is 5.62. The molecule has 2 heterocycles. The first kappa shape index (κ1) is 10.1. The third-order valence-corrected chi connectivity index (χ3v) is 3.41. The molecule has 2 rings (SSSR count). The summed E-state index contributed by atoms with van der Waals surface area (Å²) in [6, 6.07) is 2.13. The topological polar surface area (TPSA) is 21.3 Å². The van der Waals surface area contributed by atoms with Gasteiger partial charge in [-0.2, -0.15) is 11.3 Å². The zero-order valence-corrected chi connectivity index (χ0v) is 9.19. The second-order valence-corrected chi connectivity index (χ2v) is 4.61. The highest BCUT2D eigenvalue weighted by molar-refractivity contribution is 7.07. The normalized spacial score (nSPS) is 21.6. The summed E-state index contributed by atoms with van der Waals surface area (Å²) in [7, 11) is 0. The lowest BCUT2D eigenvalue weighted by Crippen LogP contribution is -2.10. The summed E-state index contributed by atoms with van der Waals surface area (Å²) in [5, 5.41) is 7.62. The zero-order chi connectivity index (χ0) is 9.64. The molecular weight excluding hydrogens is 194 g/mol. The van der Waals surface area contributed by atoms with Crippen molar-refractivity contribution in [3.05, 3.63) is 22.4 Å². The molecule has 0 aliphatic carbocycles. The maximum Gasteiger partial charge on any atom is 0.0724 e. The molecule has 0 spiro atoms. The smallest absolute Gasteiger partial charge is 0.0724 e. The van der Waals surface area contributed by atoms with E-state index >= 15 is 0 Å². The molecule has 1 atom stereocenters. The van der Waals surface area contributed by atoms with Gasteiger partial charge in [0.05, 0.1) is 6.61 Å². The highest BCUT2D eigenvalue weighted by Gasteiger charge is 2.13. The van der Waals surface area contributed by atoms with Crippen LogP contribution in [0.15, 0.2) is 16.8 Å². The predicted molar refractivity (Wildman–Crippen MR) is 59.6 cm³/mol. The summed E-state index contributed by atoms with van der Waals surface area (Å²) in [5.41, 5.74) is 1.31. The van der Waals surface area contributed by atoms with E-state index in [2.05, 4.69) is 22.1 Å². The Morgan fingerprint density at radius 1 is 1.57 bits per heavy atom. The van der Waals surface area contributed by atoms with E-state index in [0.717, 1.165) is 19.1 Å². The summed E-state index contributed by atoms with van der Waals surface area (Å²) in [5.74, 6) is 0.845. The fourth-order valence-corrected chi connectivity index (χ4v) is 2.43. The lowest BCUT2D eigenvalue weighted by Gasteiger charge is -2.07. The van der Waals surface area contributed by atoms with E-state index < -0.39 is 0 Å². The Morgan fingerprint density at radius 2 is 2.57 bits per heavy atom. The molecule has 2 nitrogen and oxygen atoms in total. The van der Waals surface area contributed by atoms with E-state index in [9.17, 15) is 0 Å². The van der Waals surface area contributed by atoms with E-state index in [0.29, 0.717) is 0 Å². The minimum absolute atomic E-state index is 0.781. The van der Waals surface area contributed by atoms with Gasteiger partial charge in [-0.25, -0.2) is 0 Å². The molecule has 14 heavy (non-hydrogen) atoms. The van der Waals surface area contributed by atoms with E-state index in [1.807, 2.05) is 0 Å². The van der Waals surface area contributed by atoms with Crippen LogP contribution >= 0.6 is 11.3 Å². The van der Waals surface area contributed by atoms with Crippen LogP contribution in [0.3, 0.4) is 0 Å². The first-order valence-corrected chi connectivity index (χ1v) is 6.19. The van der Waals surface area contributed by atoms with E-state index in [1.165, 1.54) is 31.5 Å². The van der Waals surface area contributed by atoms with Crippen molar-refractivity contribution in [1.82, 2.24) is 5.32 Å². The Bertz CT molecular complexity index is 242. The first-order chi connectivity index (χ1) is 6.95. The molecule has 1 saturated heterocycles. The van der Waals surface area contributed by atoms with Crippen LogP contribution in [0.4, 0.5) is 0 Å². The van der Waals surface area contributed by atoms with Gasteiger partial charge in [-0.1, -0.05) is 0 Å². The molecule has 1 aromatic rings. The Hall–Kier alpha value is -0.380. The third kappa shape index (κ3) is 3.08. The third-order valence-electron chi connectivity index (χ3n) is 2.68. The zero-order valence-electron chi connectivity index (χ0n) is 8.37. The fourth-order valence-electron chi connectivity index (χ4n) is 1.78. The number of thiophene rings is 1. The van der Waals surface area contributed by atoms with Crippen LogP contribution in [0.5, 0.6) is 0 Å². The van der Waals surface area contributed by atoms with Crippen molar-refractivity contribution in [3.63, 3.8) is 0 Å². The molecule has 1 aromatic heterocycles. The van der Waals surface area contributed by atoms with Crippen LogP contribution in [-0.4, -0.2) is 19.7 Å². The van der Waals surface area contributed by atoms with E-state index in [-0.39, 0.29) is 0 Å². The van der Waals surface area contributed by atoms with Crippen molar-refractivity contribution in [3.8, 4) is 0 Å². The van der Waals surface area contributed by atoms with Crippen molar-refractivity contribution in [1.29, 1.82) is 0 Å². The van der Waals surface area contributed by atoms with Gasteiger partial charge in [0, 0.05) is 6.61 Å². The molecule has 1 aliphatic heterocycles. The quantitative estimate of drug-likeness (QED) is 0.754. The van der Waals surface area contributed by atoms with Gasteiger partial charge < -0.3 is 10.1 Å². The van der Waals surface area contributed by atoms with Gasteiger partial charge in [0.1, 0.15) is 0 Å². The minimum atomic E-state index is 0.781. The Morgan fingerprint density at radius 3 is 3.29 bits per heavy atom. The molecule has 0 saturated carbocycles. The van der Waals surface area contributed by atoms with Crippen LogP contribution in [0.2, 0.25) is 0 Å². The van der Waals surface area contributed by atoms with Crippen molar-refractivity contribution in [2.45, 2.75) is 19.4 Å². The number of ether oxygens (including phenoxy) is 1. The number of rotatable bonds is 5. The van der Waals surface area contributed by atoms with Gasteiger partial charge >= 0.3 is 0 Å². The molecule has 0 amide bonds. The predicted octanol–water partition coefficient (Wildman–Crippen LogP) is 2.26. The van der Waals surface area contributed by atoms with Gasteiger partial charge in [-0.3, -0.25) is 0 Å². The molecule has 0 bridgehead atoms. The summed E-state index contributed by atoms with van der Waals surface area (Å²) in [6.07, 6.45) is 2.53. The van der Waals surface area contributed by atoms with Crippen LogP contribution < -0.4 is 5.32 Å². The molecule has 3 heteroatoms. The number of nitrogens with one attached hydrogen (secondary N) is 1. The second kappa shape index (κ2) is 5.49. The highest BCUT2D eigenvalue weighted by atomic mass is 32.1. The Balaban J connectivity index is 1.55. The van der Waals surface area contributed by atoms with Gasteiger partial charge in [0.15, 0.2) is 0 Å². The standard InChI is InChI=1S/C11H17NOS/c1-4-12-7-10(1)2-5-13-8-11-3-6-14-9-11/h3,6,9-10,12H,1-2,4-5,7-8H2. The van der Waals surface area contributed by atoms with Gasteiger partial charge in [-0.15, -0.1) is 0 Å². The molecule has 78 valence electrons. The molecule has 1 unspecified atom stereocenters. The second-order valence-electron chi connectivity index (χ2n) is 3.83. The van der Waals surface area contributed by atoms with Crippen molar-refractivity contribution in [2.24, 2.45) is 5.92 Å². The van der Waals surface area contributed by atoms with Gasteiger partial charge in [0.25, 0.3) is 0 Å². The molecule has 0 radical (unpaired) electrons. The molecule has 0 aromatic carbocycles. The van der Waals surface area contributed by atoms with Crippen molar-refractivity contribution in [2.75, 3.05) is 19.7 Å². The van der Waals surface area contributed by atoms with E-state index in [4.69, 9.17) is 4.74 Å². The van der Waals surface area contributed by atoms with Crippen molar-refractivity contribution >= 4 is 11.3 Å². The maximum atomic E-state index is 5.62.